The molecule has 0 aromatic carbocycles. The molecule has 140 valence electrons. The van der Waals surface area contributed by atoms with Gasteiger partial charge in [-0.1, -0.05) is 13.3 Å². The second-order valence-electron chi connectivity index (χ2n) is 6.95. The molecule has 1 amide bonds. The van der Waals surface area contributed by atoms with Crippen molar-refractivity contribution in [3.05, 3.63) is 12.4 Å². The van der Waals surface area contributed by atoms with Crippen molar-refractivity contribution in [3.8, 4) is 0 Å². The van der Waals surface area contributed by atoms with Crippen molar-refractivity contribution < 1.29 is 4.79 Å². The van der Waals surface area contributed by atoms with Crippen LogP contribution in [0.5, 0.6) is 0 Å². The Kier molecular flexibility index (Phi) is 7.95. The topological polar surface area (TPSA) is 61.4 Å². The Morgan fingerprint density at radius 1 is 1.40 bits per heavy atom. The molecule has 6 heteroatoms. The lowest BCUT2D eigenvalue weighted by Crippen LogP contribution is -2.37. The van der Waals surface area contributed by atoms with E-state index in [1.165, 1.54) is 6.42 Å². The molecule has 1 N–H and O–H groups in total. The van der Waals surface area contributed by atoms with Gasteiger partial charge in [0.1, 0.15) is 18.0 Å². The van der Waals surface area contributed by atoms with Gasteiger partial charge in [0, 0.05) is 45.7 Å². The van der Waals surface area contributed by atoms with Gasteiger partial charge in [0.15, 0.2) is 0 Å². The summed E-state index contributed by atoms with van der Waals surface area (Å²) in [7, 11) is 1.92. The Morgan fingerprint density at radius 2 is 2.24 bits per heavy atom. The minimum atomic E-state index is 0.280. The van der Waals surface area contributed by atoms with Gasteiger partial charge in [-0.2, -0.15) is 0 Å². The Bertz CT molecular complexity index is 536. The molecule has 1 aromatic heterocycles. The Hall–Kier alpha value is -1.85. The molecule has 0 bridgehead atoms. The number of nitrogens with one attached hydrogen (secondary N) is 1. The van der Waals surface area contributed by atoms with Gasteiger partial charge >= 0.3 is 0 Å². The van der Waals surface area contributed by atoms with Crippen LogP contribution >= 0.6 is 0 Å². The Labute approximate surface area is 152 Å². The smallest absolute Gasteiger partial charge is 0.222 e. The highest BCUT2D eigenvalue weighted by molar-refractivity contribution is 5.75. The second-order valence-corrected chi connectivity index (χ2v) is 6.95. The highest BCUT2D eigenvalue weighted by Crippen LogP contribution is 2.25. The number of anilines is 2. The van der Waals surface area contributed by atoms with Gasteiger partial charge in [-0.3, -0.25) is 4.79 Å². The molecule has 1 aliphatic rings. The molecule has 0 radical (unpaired) electrons. The van der Waals surface area contributed by atoms with Crippen molar-refractivity contribution in [1.82, 2.24) is 14.9 Å². The fourth-order valence-corrected chi connectivity index (χ4v) is 3.34. The molecule has 0 unspecified atom stereocenters. The van der Waals surface area contributed by atoms with Crippen LogP contribution in [-0.4, -0.2) is 54.0 Å². The van der Waals surface area contributed by atoms with Crippen molar-refractivity contribution in [3.63, 3.8) is 0 Å². The summed E-state index contributed by atoms with van der Waals surface area (Å²) in [5.41, 5.74) is 0. The Morgan fingerprint density at radius 3 is 3.00 bits per heavy atom. The lowest BCUT2D eigenvalue weighted by atomic mass is 9.93. The molecule has 1 atom stereocenters. The van der Waals surface area contributed by atoms with Gasteiger partial charge in [-0.25, -0.2) is 9.97 Å². The highest BCUT2D eigenvalue weighted by Gasteiger charge is 2.22. The predicted molar refractivity (Wildman–Crippen MR) is 103 cm³/mol. The maximum atomic E-state index is 12.2. The van der Waals surface area contributed by atoms with E-state index in [4.69, 9.17) is 0 Å². The van der Waals surface area contributed by atoms with Gasteiger partial charge in [0.2, 0.25) is 5.91 Å². The average molecular weight is 348 g/mol. The zero-order chi connectivity index (χ0) is 18.1. The van der Waals surface area contributed by atoms with Crippen LogP contribution in [0.2, 0.25) is 0 Å². The van der Waals surface area contributed by atoms with E-state index in [2.05, 4.69) is 34.0 Å². The molecular formula is C19H33N5O. The molecule has 1 fully saturated rings. The van der Waals surface area contributed by atoms with Gasteiger partial charge in [0.05, 0.1) is 0 Å². The number of carbonyl (C=O) groups is 1. The normalized spacial score (nSPS) is 17.4. The van der Waals surface area contributed by atoms with E-state index in [0.29, 0.717) is 12.3 Å². The summed E-state index contributed by atoms with van der Waals surface area (Å²) < 4.78 is 0. The minimum Gasteiger partial charge on any atom is -0.370 e. The van der Waals surface area contributed by atoms with E-state index < -0.39 is 0 Å². The fraction of sp³-hybridized carbons (Fsp3) is 0.737. The van der Waals surface area contributed by atoms with Gasteiger partial charge in [0.25, 0.3) is 0 Å². The van der Waals surface area contributed by atoms with Crippen LogP contribution in [0.25, 0.3) is 0 Å². The number of rotatable bonds is 9. The molecule has 2 rings (SSSR count). The molecule has 2 heterocycles. The van der Waals surface area contributed by atoms with E-state index in [1.54, 1.807) is 6.33 Å². The van der Waals surface area contributed by atoms with Crippen LogP contribution in [0.3, 0.4) is 0 Å². The van der Waals surface area contributed by atoms with Crippen LogP contribution < -0.4 is 10.2 Å². The van der Waals surface area contributed by atoms with Crippen LogP contribution in [0.15, 0.2) is 12.4 Å². The van der Waals surface area contributed by atoms with Crippen LogP contribution in [0, 0.1) is 5.92 Å². The number of hydrogen-bond acceptors (Lipinski definition) is 5. The third kappa shape index (κ3) is 6.18. The summed E-state index contributed by atoms with van der Waals surface area (Å²) in [6, 6.07) is 2.02. The van der Waals surface area contributed by atoms with E-state index >= 15 is 0 Å². The number of unbranched alkanes of at least 4 members (excludes halogenated alkanes) is 1. The summed E-state index contributed by atoms with van der Waals surface area (Å²) in [5, 5.41) is 3.24. The third-order valence-electron chi connectivity index (χ3n) is 4.89. The zero-order valence-electron chi connectivity index (χ0n) is 16.0. The standard InChI is InChI=1S/C19H33N5O/c1-4-6-11-23(3)19(25)10-9-16-8-7-12-24(14-16)18-13-17(20-5-2)21-15-22-18/h13,15-16H,4-12,14H2,1-3H3,(H,20,21,22)/t16-/m1/s1. The van der Waals surface area contributed by atoms with Crippen LogP contribution in [-0.2, 0) is 4.79 Å². The van der Waals surface area contributed by atoms with Crippen molar-refractivity contribution in [2.45, 2.75) is 52.4 Å². The third-order valence-corrected chi connectivity index (χ3v) is 4.89. The van der Waals surface area contributed by atoms with Crippen LogP contribution in [0.4, 0.5) is 11.6 Å². The van der Waals surface area contributed by atoms with Gasteiger partial charge < -0.3 is 15.1 Å². The minimum absolute atomic E-state index is 0.280. The maximum Gasteiger partial charge on any atom is 0.222 e. The summed E-state index contributed by atoms with van der Waals surface area (Å²) in [6.45, 7) is 7.96. The first-order chi connectivity index (χ1) is 12.1. The second kappa shape index (κ2) is 10.2. The first-order valence-corrected chi connectivity index (χ1v) is 9.68. The Balaban J connectivity index is 1.84. The summed E-state index contributed by atoms with van der Waals surface area (Å²) in [6.07, 6.45) is 7.83. The van der Waals surface area contributed by atoms with Gasteiger partial charge in [-0.05, 0) is 38.5 Å². The summed E-state index contributed by atoms with van der Waals surface area (Å²) in [4.78, 5) is 25.1. The molecule has 25 heavy (non-hydrogen) atoms. The number of carbonyl (C=O) groups excluding carboxylic acids is 1. The summed E-state index contributed by atoms with van der Waals surface area (Å²) in [5.74, 6) is 2.71. The molecule has 1 aromatic rings. The molecule has 0 aliphatic carbocycles. The van der Waals surface area contributed by atoms with Crippen molar-refractivity contribution >= 4 is 17.5 Å². The van der Waals surface area contributed by atoms with Gasteiger partial charge in [-0.15, -0.1) is 0 Å². The number of aromatic nitrogens is 2. The van der Waals surface area contributed by atoms with E-state index in [9.17, 15) is 4.79 Å². The van der Waals surface area contributed by atoms with Crippen molar-refractivity contribution in [1.29, 1.82) is 0 Å². The molecule has 6 nitrogen and oxygen atoms in total. The maximum absolute atomic E-state index is 12.2. The average Bonchev–Trinajstić information content (AvgIpc) is 2.65. The SMILES string of the molecule is CCCCN(C)C(=O)CC[C@H]1CCCN(c2cc(NCC)ncn2)C1. The largest absolute Gasteiger partial charge is 0.370 e. The van der Waals surface area contributed by atoms with E-state index in [-0.39, 0.29) is 5.91 Å². The quantitative estimate of drug-likeness (QED) is 0.743. The zero-order valence-corrected chi connectivity index (χ0v) is 16.0. The van der Waals surface area contributed by atoms with E-state index in [0.717, 1.165) is 63.5 Å². The molecule has 0 saturated carbocycles. The first kappa shape index (κ1) is 19.5. The van der Waals surface area contributed by atoms with Crippen molar-refractivity contribution in [2.75, 3.05) is 43.4 Å². The number of nitrogens with zero attached hydrogens (tertiary/aromatic N) is 4. The monoisotopic (exact) mass is 347 g/mol. The number of hydrogen-bond donors (Lipinski definition) is 1. The lowest BCUT2D eigenvalue weighted by molar-refractivity contribution is -0.130. The highest BCUT2D eigenvalue weighted by atomic mass is 16.2. The predicted octanol–water partition coefficient (Wildman–Crippen LogP) is 3.16. The number of piperidine rings is 1. The van der Waals surface area contributed by atoms with E-state index in [1.807, 2.05) is 18.0 Å². The molecule has 0 spiro atoms. The number of amides is 1. The molecule has 1 saturated heterocycles. The summed E-state index contributed by atoms with van der Waals surface area (Å²) >= 11 is 0. The van der Waals surface area contributed by atoms with Crippen molar-refractivity contribution in [2.24, 2.45) is 5.92 Å². The molecule has 1 aliphatic heterocycles. The molecular weight excluding hydrogens is 314 g/mol. The first-order valence-electron chi connectivity index (χ1n) is 9.68. The fourth-order valence-electron chi connectivity index (χ4n) is 3.34. The lowest BCUT2D eigenvalue weighted by Gasteiger charge is -2.33. The van der Waals surface area contributed by atoms with Crippen LogP contribution in [0.1, 0.15) is 52.4 Å².